The SMILES string of the molecule is Nc1nc(N)c([N+](=O)[O-])c(N2CCOCC2)n1. The minimum atomic E-state index is -0.598. The molecule has 0 spiro atoms. The van der Waals surface area contributed by atoms with Crippen molar-refractivity contribution in [3.8, 4) is 0 Å². The van der Waals surface area contributed by atoms with Crippen molar-refractivity contribution < 1.29 is 9.66 Å². The normalized spacial score (nSPS) is 15.9. The zero-order chi connectivity index (χ0) is 12.4. The molecule has 0 bridgehead atoms. The van der Waals surface area contributed by atoms with E-state index in [1.807, 2.05) is 0 Å². The second kappa shape index (κ2) is 4.37. The van der Waals surface area contributed by atoms with Gasteiger partial charge in [-0.3, -0.25) is 10.1 Å². The van der Waals surface area contributed by atoms with E-state index in [0.29, 0.717) is 26.3 Å². The van der Waals surface area contributed by atoms with Crippen LogP contribution in [0.15, 0.2) is 0 Å². The van der Waals surface area contributed by atoms with Gasteiger partial charge in [0.15, 0.2) is 0 Å². The highest BCUT2D eigenvalue weighted by Crippen LogP contribution is 2.31. The molecule has 2 heterocycles. The number of nitrogens with zero attached hydrogens (tertiary/aromatic N) is 4. The molecule has 1 aromatic rings. The highest BCUT2D eigenvalue weighted by Gasteiger charge is 2.27. The van der Waals surface area contributed by atoms with Gasteiger partial charge in [0.2, 0.25) is 17.6 Å². The topological polar surface area (TPSA) is 133 Å². The maximum Gasteiger partial charge on any atom is 0.353 e. The summed E-state index contributed by atoms with van der Waals surface area (Å²) in [5.41, 5.74) is 10.6. The van der Waals surface area contributed by atoms with E-state index < -0.39 is 4.92 Å². The summed E-state index contributed by atoms with van der Waals surface area (Å²) in [5.74, 6) is -0.137. The number of hydrogen-bond acceptors (Lipinski definition) is 8. The van der Waals surface area contributed by atoms with E-state index in [1.54, 1.807) is 4.90 Å². The largest absolute Gasteiger partial charge is 0.378 e. The number of ether oxygens (including phenoxy) is 1. The summed E-state index contributed by atoms with van der Waals surface area (Å²) in [7, 11) is 0. The van der Waals surface area contributed by atoms with Crippen LogP contribution in [-0.4, -0.2) is 41.2 Å². The third kappa shape index (κ3) is 2.18. The summed E-state index contributed by atoms with van der Waals surface area (Å²) >= 11 is 0. The fraction of sp³-hybridized carbons (Fsp3) is 0.500. The van der Waals surface area contributed by atoms with E-state index in [4.69, 9.17) is 16.2 Å². The van der Waals surface area contributed by atoms with Gasteiger partial charge in [-0.25, -0.2) is 0 Å². The van der Waals surface area contributed by atoms with Gasteiger partial charge in [-0.15, -0.1) is 0 Å². The summed E-state index contributed by atoms with van der Waals surface area (Å²) in [5, 5.41) is 10.9. The van der Waals surface area contributed by atoms with Gasteiger partial charge in [0.05, 0.1) is 18.1 Å². The number of anilines is 3. The van der Waals surface area contributed by atoms with E-state index >= 15 is 0 Å². The number of nitrogens with two attached hydrogens (primary N) is 2. The Morgan fingerprint density at radius 3 is 2.53 bits per heavy atom. The van der Waals surface area contributed by atoms with Crippen LogP contribution in [0.2, 0.25) is 0 Å². The Balaban J connectivity index is 2.46. The monoisotopic (exact) mass is 240 g/mol. The van der Waals surface area contributed by atoms with Crippen molar-refractivity contribution in [3.05, 3.63) is 10.1 Å². The number of morpholine rings is 1. The first-order chi connectivity index (χ1) is 8.09. The Morgan fingerprint density at radius 2 is 1.94 bits per heavy atom. The van der Waals surface area contributed by atoms with Crippen LogP contribution in [0.4, 0.5) is 23.3 Å². The van der Waals surface area contributed by atoms with E-state index in [2.05, 4.69) is 9.97 Å². The summed E-state index contributed by atoms with van der Waals surface area (Å²) in [4.78, 5) is 19.6. The molecule has 4 N–H and O–H groups in total. The lowest BCUT2D eigenvalue weighted by atomic mass is 10.3. The molecule has 1 aliphatic rings. The molecule has 9 nitrogen and oxygen atoms in total. The van der Waals surface area contributed by atoms with Crippen molar-refractivity contribution in [3.63, 3.8) is 0 Å². The van der Waals surface area contributed by atoms with Crippen molar-refractivity contribution >= 4 is 23.3 Å². The van der Waals surface area contributed by atoms with Gasteiger partial charge < -0.3 is 21.1 Å². The van der Waals surface area contributed by atoms with Crippen molar-refractivity contribution in [1.82, 2.24) is 9.97 Å². The number of hydrogen-bond donors (Lipinski definition) is 2. The molecule has 9 heteroatoms. The second-order valence-corrected chi connectivity index (χ2v) is 3.50. The fourth-order valence-corrected chi connectivity index (χ4v) is 1.65. The van der Waals surface area contributed by atoms with Gasteiger partial charge in [-0.05, 0) is 0 Å². The zero-order valence-electron chi connectivity index (χ0n) is 9.00. The smallest absolute Gasteiger partial charge is 0.353 e. The van der Waals surface area contributed by atoms with E-state index in [0.717, 1.165) is 0 Å². The number of aromatic nitrogens is 2. The Bertz CT molecular complexity index is 445. The van der Waals surface area contributed by atoms with Crippen molar-refractivity contribution in [1.29, 1.82) is 0 Å². The molecule has 0 radical (unpaired) electrons. The molecular formula is C8H12N6O3. The molecule has 0 saturated carbocycles. The standard InChI is InChI=1S/C8H12N6O3/c9-6-5(14(15)16)7(12-8(10)11-6)13-1-3-17-4-2-13/h1-4H2,(H4,9,10,11,12). The van der Waals surface area contributed by atoms with Crippen LogP contribution in [0.5, 0.6) is 0 Å². The highest BCUT2D eigenvalue weighted by molar-refractivity contribution is 5.70. The van der Waals surface area contributed by atoms with Crippen molar-refractivity contribution in [2.75, 3.05) is 42.7 Å². The highest BCUT2D eigenvalue weighted by atomic mass is 16.6. The quantitative estimate of drug-likeness (QED) is 0.516. The van der Waals surface area contributed by atoms with Crippen LogP contribution in [0, 0.1) is 10.1 Å². The minimum absolute atomic E-state index is 0.0745. The zero-order valence-corrected chi connectivity index (χ0v) is 9.00. The Hall–Kier alpha value is -2.16. The first-order valence-electron chi connectivity index (χ1n) is 4.99. The third-order valence-corrected chi connectivity index (χ3v) is 2.40. The average Bonchev–Trinajstić information content (AvgIpc) is 2.28. The van der Waals surface area contributed by atoms with Gasteiger partial charge in [0, 0.05) is 13.1 Å². The Labute approximate surface area is 96.5 Å². The van der Waals surface area contributed by atoms with Crippen molar-refractivity contribution in [2.24, 2.45) is 0 Å². The molecule has 1 aliphatic heterocycles. The minimum Gasteiger partial charge on any atom is -0.378 e. The van der Waals surface area contributed by atoms with Gasteiger partial charge in [-0.2, -0.15) is 9.97 Å². The molecule has 1 saturated heterocycles. The maximum absolute atomic E-state index is 10.9. The summed E-state index contributed by atoms with van der Waals surface area (Å²) in [6.07, 6.45) is 0. The van der Waals surface area contributed by atoms with E-state index in [1.165, 1.54) is 0 Å². The molecule has 0 amide bonds. The molecule has 0 aromatic carbocycles. The van der Waals surface area contributed by atoms with Gasteiger partial charge in [0.25, 0.3) is 0 Å². The number of nitro groups is 1. The molecule has 92 valence electrons. The van der Waals surface area contributed by atoms with Crippen LogP contribution in [-0.2, 0) is 4.74 Å². The first kappa shape index (κ1) is 11.3. The Morgan fingerprint density at radius 1 is 1.29 bits per heavy atom. The molecule has 1 fully saturated rings. The maximum atomic E-state index is 10.9. The van der Waals surface area contributed by atoms with Crippen LogP contribution < -0.4 is 16.4 Å². The lowest BCUT2D eigenvalue weighted by molar-refractivity contribution is -0.383. The molecular weight excluding hydrogens is 228 g/mol. The lowest BCUT2D eigenvalue weighted by Gasteiger charge is -2.27. The average molecular weight is 240 g/mol. The molecule has 0 atom stereocenters. The van der Waals surface area contributed by atoms with Crippen LogP contribution in [0.3, 0.4) is 0 Å². The van der Waals surface area contributed by atoms with Crippen LogP contribution in [0.25, 0.3) is 0 Å². The molecule has 0 aliphatic carbocycles. The molecule has 0 unspecified atom stereocenters. The molecule has 2 rings (SSSR count). The van der Waals surface area contributed by atoms with Crippen LogP contribution >= 0.6 is 0 Å². The number of nitrogen functional groups attached to an aromatic ring is 2. The number of rotatable bonds is 2. The Kier molecular flexibility index (Phi) is 2.91. The summed E-state index contributed by atoms with van der Waals surface area (Å²) < 4.78 is 5.16. The van der Waals surface area contributed by atoms with Gasteiger partial charge >= 0.3 is 5.69 Å². The molecule has 1 aromatic heterocycles. The van der Waals surface area contributed by atoms with Crippen molar-refractivity contribution in [2.45, 2.75) is 0 Å². The molecule has 17 heavy (non-hydrogen) atoms. The summed E-state index contributed by atoms with van der Waals surface area (Å²) in [6.45, 7) is 2.00. The van der Waals surface area contributed by atoms with E-state index in [-0.39, 0.29) is 23.3 Å². The third-order valence-electron chi connectivity index (χ3n) is 2.40. The van der Waals surface area contributed by atoms with Gasteiger partial charge in [0.1, 0.15) is 0 Å². The fourth-order valence-electron chi connectivity index (χ4n) is 1.65. The predicted octanol–water partition coefficient (Wildman–Crippen LogP) is -0.614. The lowest BCUT2D eigenvalue weighted by Crippen LogP contribution is -2.37. The summed E-state index contributed by atoms with van der Waals surface area (Å²) in [6, 6.07) is 0. The second-order valence-electron chi connectivity index (χ2n) is 3.50. The van der Waals surface area contributed by atoms with Crippen LogP contribution in [0.1, 0.15) is 0 Å². The first-order valence-corrected chi connectivity index (χ1v) is 4.99. The predicted molar refractivity (Wildman–Crippen MR) is 60.5 cm³/mol. The van der Waals surface area contributed by atoms with E-state index in [9.17, 15) is 10.1 Å². The van der Waals surface area contributed by atoms with Gasteiger partial charge in [-0.1, -0.05) is 0 Å².